The summed E-state index contributed by atoms with van der Waals surface area (Å²) in [5.41, 5.74) is -0.259. The first-order valence-electron chi connectivity index (χ1n) is 7.51. The number of carbonyl (C=O) groups is 1. The molecule has 0 aromatic rings. The maximum Gasteiger partial charge on any atom is 0.226 e. The minimum atomic E-state index is -0.449. The molecule has 0 spiro atoms. The summed E-state index contributed by atoms with van der Waals surface area (Å²) in [6, 6.07) is 0. The van der Waals surface area contributed by atoms with E-state index in [0.717, 1.165) is 38.5 Å². The number of rotatable bonds is 8. The molecule has 1 saturated carbocycles. The lowest BCUT2D eigenvalue weighted by Crippen LogP contribution is -2.44. The van der Waals surface area contributed by atoms with Gasteiger partial charge in [0.15, 0.2) is 0 Å². The van der Waals surface area contributed by atoms with Crippen molar-refractivity contribution in [1.29, 1.82) is 0 Å². The van der Waals surface area contributed by atoms with E-state index in [9.17, 15) is 9.90 Å². The molecule has 0 aromatic carbocycles. The van der Waals surface area contributed by atoms with Gasteiger partial charge in [-0.1, -0.05) is 33.1 Å². The van der Waals surface area contributed by atoms with Crippen molar-refractivity contribution < 1.29 is 14.6 Å². The van der Waals surface area contributed by atoms with E-state index in [-0.39, 0.29) is 17.2 Å². The number of aliphatic hydroxyl groups is 1. The highest BCUT2D eigenvalue weighted by Crippen LogP contribution is 2.41. The summed E-state index contributed by atoms with van der Waals surface area (Å²) < 4.78 is 5.13. The van der Waals surface area contributed by atoms with Crippen LogP contribution >= 0.6 is 0 Å². The lowest BCUT2D eigenvalue weighted by molar-refractivity contribution is -0.132. The Morgan fingerprint density at radius 2 is 2.05 bits per heavy atom. The summed E-state index contributed by atoms with van der Waals surface area (Å²) in [6.45, 7) is 5.05. The molecule has 0 saturated heterocycles. The molecule has 0 radical (unpaired) electrons. The van der Waals surface area contributed by atoms with Gasteiger partial charge < -0.3 is 15.2 Å². The quantitative estimate of drug-likeness (QED) is 0.711. The summed E-state index contributed by atoms with van der Waals surface area (Å²) in [4.78, 5) is 12.4. The van der Waals surface area contributed by atoms with E-state index in [0.29, 0.717) is 13.2 Å². The molecule has 1 aliphatic carbocycles. The van der Waals surface area contributed by atoms with E-state index in [4.69, 9.17) is 4.74 Å². The maximum absolute atomic E-state index is 12.4. The van der Waals surface area contributed by atoms with Crippen molar-refractivity contribution in [3.63, 3.8) is 0 Å². The third-order valence-electron chi connectivity index (χ3n) is 4.60. The zero-order valence-corrected chi connectivity index (χ0v) is 12.6. The lowest BCUT2D eigenvalue weighted by Gasteiger charge is -2.28. The molecule has 1 fully saturated rings. The predicted octanol–water partition coefficient (Wildman–Crippen LogP) is 2.11. The van der Waals surface area contributed by atoms with Crippen LogP contribution in [0, 0.1) is 11.3 Å². The minimum absolute atomic E-state index is 0.101. The van der Waals surface area contributed by atoms with Gasteiger partial charge in [0.1, 0.15) is 0 Å². The Kier molecular flexibility index (Phi) is 6.80. The van der Waals surface area contributed by atoms with Crippen molar-refractivity contribution in [3.05, 3.63) is 0 Å². The van der Waals surface area contributed by atoms with Gasteiger partial charge in [0.2, 0.25) is 5.91 Å². The molecule has 1 aliphatic rings. The number of amides is 1. The van der Waals surface area contributed by atoms with E-state index in [1.807, 2.05) is 13.8 Å². The molecule has 2 unspecified atom stereocenters. The summed E-state index contributed by atoms with van der Waals surface area (Å²) in [7, 11) is 1.67. The van der Waals surface area contributed by atoms with Gasteiger partial charge in [0.05, 0.1) is 11.5 Å². The number of aliphatic hydroxyl groups excluding tert-OH is 1. The number of hydrogen-bond donors (Lipinski definition) is 2. The van der Waals surface area contributed by atoms with Crippen LogP contribution in [-0.4, -0.2) is 37.4 Å². The summed E-state index contributed by atoms with van der Waals surface area (Å²) in [5.74, 6) is 0.322. The van der Waals surface area contributed by atoms with Crippen molar-refractivity contribution in [1.82, 2.24) is 5.32 Å². The smallest absolute Gasteiger partial charge is 0.226 e. The number of nitrogens with one attached hydrogen (secondary N) is 1. The number of ether oxygens (including phenoxy) is 1. The van der Waals surface area contributed by atoms with E-state index in [1.165, 1.54) is 0 Å². The third kappa shape index (κ3) is 4.46. The van der Waals surface area contributed by atoms with Crippen molar-refractivity contribution >= 4 is 5.91 Å². The van der Waals surface area contributed by atoms with Gasteiger partial charge in [-0.25, -0.2) is 0 Å². The number of hydrogen-bond acceptors (Lipinski definition) is 3. The van der Waals surface area contributed by atoms with Gasteiger partial charge in [-0.15, -0.1) is 0 Å². The standard InChI is InChI=1S/C15H29NO3/c1-4-12(2)13(17)11-16-14(18)15(9-10-19-3)7-5-6-8-15/h12-13,17H,4-11H2,1-3H3,(H,16,18). The van der Waals surface area contributed by atoms with Crippen LogP contribution in [-0.2, 0) is 9.53 Å². The van der Waals surface area contributed by atoms with Crippen LogP contribution < -0.4 is 5.32 Å². The topological polar surface area (TPSA) is 58.6 Å². The molecule has 0 aliphatic heterocycles. The molecule has 1 rings (SSSR count). The average molecular weight is 271 g/mol. The monoisotopic (exact) mass is 271 g/mol. The maximum atomic E-state index is 12.4. The molecular weight excluding hydrogens is 242 g/mol. The summed E-state index contributed by atoms with van der Waals surface area (Å²) in [6.07, 6.45) is 5.38. The molecule has 2 N–H and O–H groups in total. The molecule has 1 amide bonds. The lowest BCUT2D eigenvalue weighted by atomic mass is 9.82. The van der Waals surface area contributed by atoms with Gasteiger partial charge in [-0.2, -0.15) is 0 Å². The zero-order chi connectivity index (χ0) is 14.3. The fraction of sp³-hybridized carbons (Fsp3) is 0.933. The second kappa shape index (κ2) is 7.85. The normalized spacial score (nSPS) is 21.1. The molecule has 19 heavy (non-hydrogen) atoms. The Morgan fingerprint density at radius 3 is 2.58 bits per heavy atom. The van der Waals surface area contributed by atoms with Crippen LogP contribution in [0.1, 0.15) is 52.4 Å². The number of methoxy groups -OCH3 is 1. The third-order valence-corrected chi connectivity index (χ3v) is 4.60. The summed E-state index contributed by atoms with van der Waals surface area (Å²) >= 11 is 0. The van der Waals surface area contributed by atoms with Gasteiger partial charge >= 0.3 is 0 Å². The van der Waals surface area contributed by atoms with Crippen molar-refractivity contribution in [2.45, 2.75) is 58.5 Å². The predicted molar refractivity (Wildman–Crippen MR) is 75.9 cm³/mol. The molecule has 4 heteroatoms. The van der Waals surface area contributed by atoms with E-state index in [1.54, 1.807) is 7.11 Å². The largest absolute Gasteiger partial charge is 0.391 e. The molecule has 0 bridgehead atoms. The van der Waals surface area contributed by atoms with Gasteiger partial charge in [-0.05, 0) is 25.2 Å². The average Bonchev–Trinajstić information content (AvgIpc) is 2.91. The first-order valence-corrected chi connectivity index (χ1v) is 7.51. The van der Waals surface area contributed by atoms with Gasteiger partial charge in [0.25, 0.3) is 0 Å². The van der Waals surface area contributed by atoms with Gasteiger partial charge in [0, 0.05) is 20.3 Å². The molecule has 2 atom stereocenters. The van der Waals surface area contributed by atoms with Crippen LogP contribution in [0.15, 0.2) is 0 Å². The Bertz CT molecular complexity index is 275. The molecule has 4 nitrogen and oxygen atoms in total. The second-order valence-corrected chi connectivity index (χ2v) is 5.89. The van der Waals surface area contributed by atoms with Crippen LogP contribution in [0.25, 0.3) is 0 Å². The van der Waals surface area contributed by atoms with Crippen LogP contribution in [0.3, 0.4) is 0 Å². The molecule has 0 heterocycles. The van der Waals surface area contributed by atoms with E-state index >= 15 is 0 Å². The fourth-order valence-corrected chi connectivity index (χ4v) is 2.80. The Hall–Kier alpha value is -0.610. The Labute approximate surface area is 116 Å². The van der Waals surface area contributed by atoms with Crippen LogP contribution in [0.5, 0.6) is 0 Å². The highest BCUT2D eigenvalue weighted by Gasteiger charge is 2.40. The van der Waals surface area contributed by atoms with E-state index < -0.39 is 6.10 Å². The minimum Gasteiger partial charge on any atom is -0.391 e. The molecule has 112 valence electrons. The first-order chi connectivity index (χ1) is 9.05. The van der Waals surface area contributed by atoms with Gasteiger partial charge in [-0.3, -0.25) is 4.79 Å². The Balaban J connectivity index is 2.49. The SMILES string of the molecule is CCC(C)C(O)CNC(=O)C1(CCOC)CCCC1. The highest BCUT2D eigenvalue weighted by atomic mass is 16.5. The van der Waals surface area contributed by atoms with Crippen molar-refractivity contribution in [3.8, 4) is 0 Å². The van der Waals surface area contributed by atoms with Crippen LogP contribution in [0.2, 0.25) is 0 Å². The number of carbonyl (C=O) groups excluding carboxylic acids is 1. The Morgan fingerprint density at radius 1 is 1.42 bits per heavy atom. The summed E-state index contributed by atoms with van der Waals surface area (Å²) in [5, 5.41) is 12.9. The fourth-order valence-electron chi connectivity index (χ4n) is 2.80. The molecular formula is C15H29NO3. The van der Waals surface area contributed by atoms with Crippen LogP contribution in [0.4, 0.5) is 0 Å². The van der Waals surface area contributed by atoms with Crippen molar-refractivity contribution in [2.24, 2.45) is 11.3 Å². The van der Waals surface area contributed by atoms with E-state index in [2.05, 4.69) is 5.32 Å². The zero-order valence-electron chi connectivity index (χ0n) is 12.6. The first kappa shape index (κ1) is 16.4. The molecule has 0 aromatic heterocycles. The highest BCUT2D eigenvalue weighted by molar-refractivity contribution is 5.82. The van der Waals surface area contributed by atoms with Crippen molar-refractivity contribution in [2.75, 3.05) is 20.3 Å². The second-order valence-electron chi connectivity index (χ2n) is 5.89.